The van der Waals surface area contributed by atoms with Gasteiger partial charge in [0, 0.05) is 11.9 Å². The topological polar surface area (TPSA) is 38.1 Å². The van der Waals surface area contributed by atoms with Crippen LogP contribution in [0, 0.1) is 0 Å². The lowest BCUT2D eigenvalue weighted by atomic mass is 10.3. The molecule has 0 aliphatic carbocycles. The Hall–Kier alpha value is -2.14. The first kappa shape index (κ1) is 12.9. The van der Waals surface area contributed by atoms with E-state index in [4.69, 9.17) is 0 Å². The summed E-state index contributed by atoms with van der Waals surface area (Å²) in [7, 11) is 1.83. The first-order valence-corrected chi connectivity index (χ1v) is 7.28. The van der Waals surface area contributed by atoms with Crippen LogP contribution in [-0.2, 0) is 17.9 Å². The Morgan fingerprint density at radius 3 is 2.95 bits per heavy atom. The molecule has 0 bridgehead atoms. The standard InChI is InChI=1S/C15H15N3OS/c1-17(9-12-5-4-8-20-12)15(19)10-18-11-16-13-6-2-3-7-14(13)18/h2-8,11H,9-10H2,1H3. The first-order valence-electron chi connectivity index (χ1n) is 6.40. The molecule has 0 atom stereocenters. The lowest BCUT2D eigenvalue weighted by Gasteiger charge is -2.16. The van der Waals surface area contributed by atoms with Gasteiger partial charge in [-0.3, -0.25) is 4.79 Å². The Morgan fingerprint density at radius 2 is 2.15 bits per heavy atom. The summed E-state index contributed by atoms with van der Waals surface area (Å²) in [6.45, 7) is 0.978. The van der Waals surface area contributed by atoms with Crippen LogP contribution in [0.1, 0.15) is 4.88 Å². The summed E-state index contributed by atoms with van der Waals surface area (Å²) in [5.41, 5.74) is 1.91. The lowest BCUT2D eigenvalue weighted by Crippen LogP contribution is -2.29. The maximum atomic E-state index is 12.3. The minimum atomic E-state index is 0.0848. The molecule has 0 aliphatic rings. The van der Waals surface area contributed by atoms with E-state index in [-0.39, 0.29) is 5.91 Å². The number of imidazole rings is 1. The summed E-state index contributed by atoms with van der Waals surface area (Å²) in [6, 6.07) is 11.9. The largest absolute Gasteiger partial charge is 0.339 e. The van der Waals surface area contributed by atoms with Gasteiger partial charge in [-0.25, -0.2) is 4.98 Å². The van der Waals surface area contributed by atoms with Crippen LogP contribution in [0.4, 0.5) is 0 Å². The van der Waals surface area contributed by atoms with E-state index in [0.29, 0.717) is 13.1 Å². The number of benzene rings is 1. The number of likely N-dealkylation sites (N-methyl/N-ethyl adjacent to an activating group) is 1. The SMILES string of the molecule is CN(Cc1cccs1)C(=O)Cn1cnc2ccccc21. The van der Waals surface area contributed by atoms with Gasteiger partial charge >= 0.3 is 0 Å². The molecule has 102 valence electrons. The molecule has 4 nitrogen and oxygen atoms in total. The van der Waals surface area contributed by atoms with Gasteiger partial charge in [-0.15, -0.1) is 11.3 Å². The first-order chi connectivity index (χ1) is 9.74. The molecule has 0 fully saturated rings. The highest BCUT2D eigenvalue weighted by molar-refractivity contribution is 7.09. The highest BCUT2D eigenvalue weighted by atomic mass is 32.1. The van der Waals surface area contributed by atoms with Crippen LogP contribution in [0.25, 0.3) is 11.0 Å². The van der Waals surface area contributed by atoms with Crippen molar-refractivity contribution in [3.05, 3.63) is 53.0 Å². The second kappa shape index (κ2) is 5.46. The number of fused-ring (bicyclic) bond motifs is 1. The normalized spacial score (nSPS) is 10.8. The zero-order valence-corrected chi connectivity index (χ0v) is 12.0. The Morgan fingerprint density at radius 1 is 1.30 bits per heavy atom. The van der Waals surface area contributed by atoms with Gasteiger partial charge in [0.05, 0.1) is 23.9 Å². The lowest BCUT2D eigenvalue weighted by molar-refractivity contribution is -0.130. The molecule has 0 saturated carbocycles. The number of carbonyl (C=O) groups is 1. The van der Waals surface area contributed by atoms with Crippen molar-refractivity contribution in [3.63, 3.8) is 0 Å². The molecule has 2 aromatic heterocycles. The van der Waals surface area contributed by atoms with Crippen LogP contribution < -0.4 is 0 Å². The zero-order valence-electron chi connectivity index (χ0n) is 11.2. The molecule has 1 amide bonds. The molecular weight excluding hydrogens is 270 g/mol. The van der Waals surface area contributed by atoms with Gasteiger partial charge in [0.2, 0.25) is 5.91 Å². The number of rotatable bonds is 4. The highest BCUT2D eigenvalue weighted by Crippen LogP contribution is 2.14. The average Bonchev–Trinajstić information content (AvgIpc) is 3.09. The van der Waals surface area contributed by atoms with Crippen LogP contribution in [0.3, 0.4) is 0 Å². The molecule has 0 N–H and O–H groups in total. The molecule has 3 aromatic rings. The summed E-state index contributed by atoms with van der Waals surface area (Å²) >= 11 is 1.67. The number of aromatic nitrogens is 2. The molecule has 3 rings (SSSR count). The third-order valence-corrected chi connectivity index (χ3v) is 4.09. The van der Waals surface area contributed by atoms with E-state index >= 15 is 0 Å². The molecule has 0 aliphatic heterocycles. The molecule has 0 saturated heterocycles. The Kier molecular flexibility index (Phi) is 3.52. The van der Waals surface area contributed by atoms with Gasteiger partial charge < -0.3 is 9.47 Å². The number of thiophene rings is 1. The van der Waals surface area contributed by atoms with Crippen molar-refractivity contribution in [2.75, 3.05) is 7.05 Å². The minimum absolute atomic E-state index is 0.0848. The summed E-state index contributed by atoms with van der Waals surface area (Å²) in [5, 5.41) is 2.02. The summed E-state index contributed by atoms with van der Waals surface area (Å²) in [4.78, 5) is 19.5. The van der Waals surface area contributed by atoms with Crippen molar-refractivity contribution in [2.45, 2.75) is 13.1 Å². The second-order valence-electron chi connectivity index (χ2n) is 4.69. The van der Waals surface area contributed by atoms with Crippen molar-refractivity contribution < 1.29 is 4.79 Å². The number of hydrogen-bond acceptors (Lipinski definition) is 3. The number of carbonyl (C=O) groups excluding carboxylic acids is 1. The van der Waals surface area contributed by atoms with Gasteiger partial charge in [-0.2, -0.15) is 0 Å². The second-order valence-corrected chi connectivity index (χ2v) is 5.72. The van der Waals surface area contributed by atoms with Crippen LogP contribution in [0.15, 0.2) is 48.1 Å². The smallest absolute Gasteiger partial charge is 0.242 e. The molecule has 0 unspecified atom stereocenters. The van der Waals surface area contributed by atoms with Crippen molar-refractivity contribution in [2.24, 2.45) is 0 Å². The molecule has 20 heavy (non-hydrogen) atoms. The number of para-hydroxylation sites is 2. The zero-order chi connectivity index (χ0) is 13.9. The van der Waals surface area contributed by atoms with Crippen molar-refractivity contribution >= 4 is 28.3 Å². The highest BCUT2D eigenvalue weighted by Gasteiger charge is 2.12. The van der Waals surface area contributed by atoms with E-state index in [2.05, 4.69) is 4.98 Å². The van der Waals surface area contributed by atoms with E-state index in [1.165, 1.54) is 4.88 Å². The maximum Gasteiger partial charge on any atom is 0.242 e. The van der Waals surface area contributed by atoms with E-state index in [1.807, 2.05) is 53.4 Å². The predicted octanol–water partition coefficient (Wildman–Crippen LogP) is 2.76. The van der Waals surface area contributed by atoms with Crippen LogP contribution >= 0.6 is 11.3 Å². The molecular formula is C15H15N3OS. The fraction of sp³-hybridized carbons (Fsp3) is 0.200. The number of hydrogen-bond donors (Lipinski definition) is 0. The van der Waals surface area contributed by atoms with Gasteiger partial charge in [-0.05, 0) is 23.6 Å². The number of amides is 1. The van der Waals surface area contributed by atoms with Crippen molar-refractivity contribution in [1.29, 1.82) is 0 Å². The maximum absolute atomic E-state index is 12.3. The summed E-state index contributed by atoms with van der Waals surface area (Å²) in [5.74, 6) is 0.0848. The van der Waals surface area contributed by atoms with E-state index in [0.717, 1.165) is 11.0 Å². The molecule has 2 heterocycles. The van der Waals surface area contributed by atoms with E-state index < -0.39 is 0 Å². The average molecular weight is 285 g/mol. The van der Waals surface area contributed by atoms with E-state index in [1.54, 1.807) is 22.6 Å². The predicted molar refractivity (Wildman–Crippen MR) is 80.5 cm³/mol. The van der Waals surface area contributed by atoms with Gasteiger partial charge in [0.15, 0.2) is 0 Å². The molecule has 0 spiro atoms. The quantitative estimate of drug-likeness (QED) is 0.739. The van der Waals surface area contributed by atoms with Crippen molar-refractivity contribution in [3.8, 4) is 0 Å². The Labute approximate surface area is 121 Å². The molecule has 0 radical (unpaired) electrons. The Balaban J connectivity index is 1.72. The van der Waals surface area contributed by atoms with Gasteiger partial charge in [0.1, 0.15) is 6.54 Å². The fourth-order valence-corrected chi connectivity index (χ4v) is 2.88. The summed E-state index contributed by atoms with van der Waals surface area (Å²) < 4.78 is 1.89. The Bertz CT molecular complexity index is 718. The van der Waals surface area contributed by atoms with Crippen molar-refractivity contribution in [1.82, 2.24) is 14.5 Å². The molecule has 5 heteroatoms. The van der Waals surface area contributed by atoms with Crippen LogP contribution in [0.5, 0.6) is 0 Å². The number of nitrogens with zero attached hydrogens (tertiary/aromatic N) is 3. The monoisotopic (exact) mass is 285 g/mol. The van der Waals surface area contributed by atoms with Gasteiger partial charge in [0.25, 0.3) is 0 Å². The van der Waals surface area contributed by atoms with E-state index in [9.17, 15) is 4.79 Å². The molecule has 1 aromatic carbocycles. The summed E-state index contributed by atoms with van der Waals surface area (Å²) in [6.07, 6.45) is 1.72. The fourth-order valence-electron chi connectivity index (χ4n) is 2.13. The minimum Gasteiger partial charge on any atom is -0.339 e. The van der Waals surface area contributed by atoms with Crippen LogP contribution in [0.2, 0.25) is 0 Å². The third kappa shape index (κ3) is 2.58. The van der Waals surface area contributed by atoms with Gasteiger partial charge in [-0.1, -0.05) is 18.2 Å². The third-order valence-electron chi connectivity index (χ3n) is 3.23. The van der Waals surface area contributed by atoms with Crippen LogP contribution in [-0.4, -0.2) is 27.4 Å².